The Morgan fingerprint density at radius 2 is 2.00 bits per heavy atom. The molecule has 1 amide bonds. The number of aromatic nitrogens is 2. The number of benzene rings is 2. The molecule has 4 rings (SSSR count). The van der Waals surface area contributed by atoms with Crippen LogP contribution in [0.15, 0.2) is 55.1 Å². The minimum Gasteiger partial charge on any atom is -0.489 e. The lowest BCUT2D eigenvalue weighted by atomic mass is 10.1. The molecule has 0 bridgehead atoms. The summed E-state index contributed by atoms with van der Waals surface area (Å²) in [6, 6.07) is 11.3. The summed E-state index contributed by atoms with van der Waals surface area (Å²) in [5.74, 6) is 0.798. The molecule has 6 nitrogen and oxygen atoms in total. The first-order chi connectivity index (χ1) is 13.7. The van der Waals surface area contributed by atoms with E-state index < -0.39 is 0 Å². The first kappa shape index (κ1) is 18.4. The van der Waals surface area contributed by atoms with Gasteiger partial charge in [0.15, 0.2) is 11.5 Å². The normalized spacial score (nSPS) is 13.0. The lowest BCUT2D eigenvalue weighted by molar-refractivity contribution is 0.0950. The molecule has 2 heterocycles. The van der Waals surface area contributed by atoms with Crippen LogP contribution in [-0.4, -0.2) is 28.7 Å². The van der Waals surface area contributed by atoms with Gasteiger partial charge in [0.1, 0.15) is 0 Å². The van der Waals surface area contributed by atoms with E-state index in [9.17, 15) is 4.79 Å². The number of amides is 1. The lowest BCUT2D eigenvalue weighted by Crippen LogP contribution is -2.23. The number of hydrogen-bond acceptors (Lipinski definition) is 4. The molecule has 0 saturated heterocycles. The summed E-state index contributed by atoms with van der Waals surface area (Å²) < 4.78 is 13.3. The van der Waals surface area contributed by atoms with Crippen LogP contribution in [0.5, 0.6) is 11.5 Å². The van der Waals surface area contributed by atoms with Crippen molar-refractivity contribution in [3.63, 3.8) is 0 Å². The predicted octanol–water partition coefficient (Wildman–Crippen LogP) is 3.68. The third kappa shape index (κ3) is 4.12. The number of carbonyl (C=O) groups excluding carboxylic acids is 1. The van der Waals surface area contributed by atoms with E-state index in [4.69, 9.17) is 21.1 Å². The highest BCUT2D eigenvalue weighted by atomic mass is 35.5. The number of ether oxygens (including phenoxy) is 2. The molecule has 3 aromatic rings. The largest absolute Gasteiger partial charge is 0.489 e. The van der Waals surface area contributed by atoms with Gasteiger partial charge in [-0.05, 0) is 23.3 Å². The van der Waals surface area contributed by atoms with Crippen LogP contribution in [0.3, 0.4) is 0 Å². The summed E-state index contributed by atoms with van der Waals surface area (Å²) in [5, 5.41) is 3.35. The van der Waals surface area contributed by atoms with Crippen molar-refractivity contribution in [2.45, 2.75) is 19.5 Å². The Kier molecular flexibility index (Phi) is 5.48. The zero-order valence-electron chi connectivity index (χ0n) is 15.2. The molecule has 1 aliphatic rings. The van der Waals surface area contributed by atoms with Crippen molar-refractivity contribution in [1.29, 1.82) is 0 Å². The Balaban J connectivity index is 1.48. The van der Waals surface area contributed by atoms with Gasteiger partial charge in [0.25, 0.3) is 5.91 Å². The smallest absolute Gasteiger partial charge is 0.251 e. The van der Waals surface area contributed by atoms with Crippen molar-refractivity contribution in [2.24, 2.45) is 0 Å². The van der Waals surface area contributed by atoms with Crippen LogP contribution >= 0.6 is 11.6 Å². The predicted molar refractivity (Wildman–Crippen MR) is 106 cm³/mol. The highest BCUT2D eigenvalue weighted by Gasteiger charge is 2.18. The van der Waals surface area contributed by atoms with Gasteiger partial charge in [-0.3, -0.25) is 4.79 Å². The lowest BCUT2D eigenvalue weighted by Gasteiger charge is -2.13. The fourth-order valence-electron chi connectivity index (χ4n) is 3.10. The van der Waals surface area contributed by atoms with Gasteiger partial charge in [-0.25, -0.2) is 4.98 Å². The first-order valence-corrected chi connectivity index (χ1v) is 9.48. The summed E-state index contributed by atoms with van der Waals surface area (Å²) in [6.07, 6.45) is 6.21. The number of halogens is 1. The molecule has 0 fully saturated rings. The Morgan fingerprint density at radius 1 is 1.18 bits per heavy atom. The molecular weight excluding hydrogens is 378 g/mol. The topological polar surface area (TPSA) is 65.4 Å². The second-order valence-electron chi connectivity index (χ2n) is 6.52. The fourth-order valence-corrected chi connectivity index (χ4v) is 3.37. The summed E-state index contributed by atoms with van der Waals surface area (Å²) >= 11 is 6.29. The molecule has 0 spiro atoms. The molecule has 1 N–H and O–H groups in total. The van der Waals surface area contributed by atoms with Crippen molar-refractivity contribution < 1.29 is 14.3 Å². The summed E-state index contributed by atoms with van der Waals surface area (Å²) in [7, 11) is 0. The van der Waals surface area contributed by atoms with E-state index in [-0.39, 0.29) is 5.91 Å². The molecule has 0 unspecified atom stereocenters. The maximum atomic E-state index is 12.7. The molecule has 0 saturated carbocycles. The van der Waals surface area contributed by atoms with Gasteiger partial charge >= 0.3 is 0 Å². The quantitative estimate of drug-likeness (QED) is 0.713. The standard InChI is InChI=1S/C21H20ClN3O3/c22-18-10-17(11-19-20(18)28-9-3-8-27-19)21(26)24-12-15-4-1-2-5-16(15)13-25-7-6-23-14-25/h1-2,4-7,10-11,14H,3,8-9,12-13H2,(H,24,26). The second-order valence-corrected chi connectivity index (χ2v) is 6.93. The molecule has 28 heavy (non-hydrogen) atoms. The van der Waals surface area contributed by atoms with Crippen LogP contribution in [0.2, 0.25) is 5.02 Å². The van der Waals surface area contributed by atoms with Crippen LogP contribution in [0.25, 0.3) is 0 Å². The third-order valence-corrected chi connectivity index (χ3v) is 4.82. The van der Waals surface area contributed by atoms with Crippen LogP contribution in [0.1, 0.15) is 27.9 Å². The fraction of sp³-hybridized carbons (Fsp3) is 0.238. The number of nitrogens with one attached hydrogen (secondary N) is 1. The number of imidazole rings is 1. The van der Waals surface area contributed by atoms with Gasteiger partial charge in [-0.1, -0.05) is 35.9 Å². The second kappa shape index (κ2) is 8.35. The monoisotopic (exact) mass is 397 g/mol. The molecule has 1 aliphatic heterocycles. The van der Waals surface area contributed by atoms with Gasteiger partial charge in [0, 0.05) is 37.5 Å². The minimum atomic E-state index is -0.213. The zero-order valence-corrected chi connectivity index (χ0v) is 16.0. The molecule has 0 atom stereocenters. The van der Waals surface area contributed by atoms with Gasteiger partial charge < -0.3 is 19.4 Å². The van der Waals surface area contributed by atoms with E-state index >= 15 is 0 Å². The molecule has 2 aromatic carbocycles. The van der Waals surface area contributed by atoms with E-state index in [1.807, 2.05) is 35.0 Å². The highest BCUT2D eigenvalue weighted by Crippen LogP contribution is 2.38. The molecule has 0 aliphatic carbocycles. The van der Waals surface area contributed by atoms with Crippen LogP contribution in [-0.2, 0) is 13.1 Å². The maximum Gasteiger partial charge on any atom is 0.251 e. The Morgan fingerprint density at radius 3 is 2.82 bits per heavy atom. The van der Waals surface area contributed by atoms with Crippen molar-refractivity contribution in [1.82, 2.24) is 14.9 Å². The number of carbonyl (C=O) groups is 1. The van der Waals surface area contributed by atoms with Crippen molar-refractivity contribution in [3.8, 4) is 11.5 Å². The SMILES string of the molecule is O=C(NCc1ccccc1Cn1ccnc1)c1cc(Cl)c2c(c1)OCCCO2. The van der Waals surface area contributed by atoms with E-state index in [1.165, 1.54) is 0 Å². The highest BCUT2D eigenvalue weighted by molar-refractivity contribution is 6.32. The van der Waals surface area contributed by atoms with Gasteiger partial charge in [-0.2, -0.15) is 0 Å². The Bertz CT molecular complexity index is 973. The first-order valence-electron chi connectivity index (χ1n) is 9.10. The summed E-state index contributed by atoms with van der Waals surface area (Å²) in [4.78, 5) is 16.8. The number of rotatable bonds is 5. The average molecular weight is 398 g/mol. The number of nitrogens with zero attached hydrogens (tertiary/aromatic N) is 2. The van der Waals surface area contributed by atoms with Crippen molar-refractivity contribution in [2.75, 3.05) is 13.2 Å². The van der Waals surface area contributed by atoms with Gasteiger partial charge in [0.2, 0.25) is 0 Å². The Labute approximate surface area is 168 Å². The summed E-state index contributed by atoms with van der Waals surface area (Å²) in [6.45, 7) is 2.19. The van der Waals surface area contributed by atoms with E-state index in [1.54, 1.807) is 24.7 Å². The molecular formula is C21H20ClN3O3. The van der Waals surface area contributed by atoms with Gasteiger partial charge in [-0.15, -0.1) is 0 Å². The van der Waals surface area contributed by atoms with Crippen LogP contribution < -0.4 is 14.8 Å². The van der Waals surface area contributed by atoms with Crippen molar-refractivity contribution in [3.05, 3.63) is 76.8 Å². The third-order valence-electron chi connectivity index (χ3n) is 4.53. The molecule has 1 aromatic heterocycles. The van der Waals surface area contributed by atoms with E-state index in [0.717, 1.165) is 17.5 Å². The van der Waals surface area contributed by atoms with E-state index in [2.05, 4.69) is 10.3 Å². The van der Waals surface area contributed by atoms with Crippen LogP contribution in [0.4, 0.5) is 0 Å². The minimum absolute atomic E-state index is 0.213. The number of fused-ring (bicyclic) bond motifs is 1. The Hall–Kier alpha value is -2.99. The average Bonchev–Trinajstić information content (AvgIpc) is 3.09. The molecule has 144 valence electrons. The van der Waals surface area contributed by atoms with Crippen LogP contribution in [0, 0.1) is 0 Å². The molecule has 7 heteroatoms. The van der Waals surface area contributed by atoms with E-state index in [0.29, 0.717) is 48.4 Å². The van der Waals surface area contributed by atoms with Crippen molar-refractivity contribution >= 4 is 17.5 Å². The van der Waals surface area contributed by atoms with Gasteiger partial charge in [0.05, 0.1) is 24.6 Å². The zero-order chi connectivity index (χ0) is 19.3. The molecule has 0 radical (unpaired) electrons. The number of hydrogen-bond donors (Lipinski definition) is 1. The summed E-state index contributed by atoms with van der Waals surface area (Å²) in [5.41, 5.74) is 2.61. The maximum absolute atomic E-state index is 12.7.